The monoisotopic (exact) mass is 354 g/mol. The highest BCUT2D eigenvalue weighted by Gasteiger charge is 2.26. The predicted octanol–water partition coefficient (Wildman–Crippen LogP) is 3.58. The van der Waals surface area contributed by atoms with Gasteiger partial charge in [-0.15, -0.1) is 0 Å². The maximum Gasteiger partial charge on any atom is 0.246 e. The molecule has 0 bridgehead atoms. The Balaban J connectivity index is 1.64. The Bertz CT molecular complexity index is 806. The SMILES string of the molecule is CCN1C[C@@H](CN(C)C(=O)/C=C/c2ccccc2F)Oc2ccccc21. The van der Waals surface area contributed by atoms with E-state index in [0.29, 0.717) is 12.1 Å². The number of carbonyl (C=O) groups excluding carboxylic acids is 1. The number of anilines is 1. The van der Waals surface area contributed by atoms with E-state index >= 15 is 0 Å². The molecule has 1 atom stereocenters. The fourth-order valence-corrected chi connectivity index (χ4v) is 3.07. The molecule has 0 unspecified atom stereocenters. The summed E-state index contributed by atoms with van der Waals surface area (Å²) < 4.78 is 19.7. The quantitative estimate of drug-likeness (QED) is 0.770. The fraction of sp³-hybridized carbons (Fsp3) is 0.286. The zero-order chi connectivity index (χ0) is 18.5. The first-order valence-electron chi connectivity index (χ1n) is 8.77. The van der Waals surface area contributed by atoms with Gasteiger partial charge in [0.25, 0.3) is 0 Å². The van der Waals surface area contributed by atoms with Crippen LogP contribution in [0.5, 0.6) is 5.75 Å². The van der Waals surface area contributed by atoms with E-state index in [1.165, 1.54) is 18.2 Å². The number of hydrogen-bond acceptors (Lipinski definition) is 3. The number of benzene rings is 2. The number of carbonyl (C=O) groups is 1. The van der Waals surface area contributed by atoms with Crippen LogP contribution in [-0.2, 0) is 4.79 Å². The number of hydrogen-bond donors (Lipinski definition) is 0. The lowest BCUT2D eigenvalue weighted by molar-refractivity contribution is -0.125. The Hall–Kier alpha value is -2.82. The van der Waals surface area contributed by atoms with Crippen LogP contribution >= 0.6 is 0 Å². The zero-order valence-electron chi connectivity index (χ0n) is 15.1. The summed E-state index contributed by atoms with van der Waals surface area (Å²) in [5.41, 5.74) is 1.48. The maximum atomic E-state index is 13.6. The Morgan fingerprint density at radius 2 is 2.00 bits per heavy atom. The molecule has 0 aliphatic carbocycles. The summed E-state index contributed by atoms with van der Waals surface area (Å²) in [6.45, 7) is 4.17. The van der Waals surface area contributed by atoms with E-state index in [2.05, 4.69) is 11.8 Å². The summed E-state index contributed by atoms with van der Waals surface area (Å²) in [6, 6.07) is 14.3. The van der Waals surface area contributed by atoms with Crippen molar-refractivity contribution in [1.82, 2.24) is 4.90 Å². The van der Waals surface area contributed by atoms with E-state index < -0.39 is 0 Å². The molecule has 1 aliphatic rings. The van der Waals surface area contributed by atoms with Gasteiger partial charge >= 0.3 is 0 Å². The second kappa shape index (κ2) is 8.04. The largest absolute Gasteiger partial charge is 0.485 e. The number of rotatable bonds is 5. The van der Waals surface area contributed by atoms with Gasteiger partial charge in [-0.1, -0.05) is 30.3 Å². The fourth-order valence-electron chi connectivity index (χ4n) is 3.07. The maximum absolute atomic E-state index is 13.6. The summed E-state index contributed by atoms with van der Waals surface area (Å²) in [4.78, 5) is 16.2. The number of amides is 1. The molecule has 136 valence electrons. The summed E-state index contributed by atoms with van der Waals surface area (Å²) >= 11 is 0. The van der Waals surface area contributed by atoms with Crippen LogP contribution in [0, 0.1) is 5.82 Å². The van der Waals surface area contributed by atoms with E-state index in [1.54, 1.807) is 30.1 Å². The normalized spacial score (nSPS) is 16.3. The van der Waals surface area contributed by atoms with Crippen molar-refractivity contribution in [2.75, 3.05) is 31.6 Å². The molecular formula is C21H23FN2O2. The lowest BCUT2D eigenvalue weighted by Crippen LogP contribution is -2.46. The average Bonchev–Trinajstić information content (AvgIpc) is 2.66. The molecule has 4 nitrogen and oxygen atoms in total. The Labute approximate surface area is 153 Å². The number of para-hydroxylation sites is 2. The molecule has 1 amide bonds. The lowest BCUT2D eigenvalue weighted by Gasteiger charge is -2.37. The third-order valence-corrected chi connectivity index (χ3v) is 4.47. The van der Waals surface area contributed by atoms with Crippen molar-refractivity contribution in [2.45, 2.75) is 13.0 Å². The second-order valence-electron chi connectivity index (χ2n) is 6.32. The van der Waals surface area contributed by atoms with E-state index in [4.69, 9.17) is 4.74 Å². The van der Waals surface area contributed by atoms with Crippen molar-refractivity contribution in [1.29, 1.82) is 0 Å². The highest BCUT2D eigenvalue weighted by Crippen LogP contribution is 2.32. The molecule has 0 N–H and O–H groups in total. The predicted molar refractivity (Wildman–Crippen MR) is 102 cm³/mol. The minimum absolute atomic E-state index is 0.110. The second-order valence-corrected chi connectivity index (χ2v) is 6.32. The number of halogens is 1. The number of nitrogens with zero attached hydrogens (tertiary/aromatic N) is 2. The van der Waals surface area contributed by atoms with Gasteiger partial charge in [-0.2, -0.15) is 0 Å². The van der Waals surface area contributed by atoms with Crippen LogP contribution in [0.4, 0.5) is 10.1 Å². The number of fused-ring (bicyclic) bond motifs is 1. The minimum Gasteiger partial charge on any atom is -0.485 e. The highest BCUT2D eigenvalue weighted by atomic mass is 19.1. The topological polar surface area (TPSA) is 32.8 Å². The van der Waals surface area contributed by atoms with Gasteiger partial charge < -0.3 is 14.5 Å². The van der Waals surface area contributed by atoms with Gasteiger partial charge in [0.1, 0.15) is 17.7 Å². The van der Waals surface area contributed by atoms with Crippen LogP contribution < -0.4 is 9.64 Å². The molecular weight excluding hydrogens is 331 g/mol. The van der Waals surface area contributed by atoms with Crippen molar-refractivity contribution in [2.24, 2.45) is 0 Å². The molecule has 3 rings (SSSR count). The Morgan fingerprint density at radius 1 is 1.27 bits per heavy atom. The van der Waals surface area contributed by atoms with Gasteiger partial charge in [-0.3, -0.25) is 4.79 Å². The van der Waals surface area contributed by atoms with Gasteiger partial charge in [-0.05, 0) is 31.2 Å². The first-order chi connectivity index (χ1) is 12.6. The van der Waals surface area contributed by atoms with Crippen molar-refractivity contribution in [3.8, 4) is 5.75 Å². The zero-order valence-corrected chi connectivity index (χ0v) is 15.1. The molecule has 2 aromatic carbocycles. The molecule has 0 fully saturated rings. The summed E-state index contributed by atoms with van der Waals surface area (Å²) in [5.74, 6) is 0.317. The standard InChI is InChI=1S/C21H23FN2O2/c1-3-24-15-17(26-20-11-7-6-10-19(20)24)14-23(2)21(25)13-12-16-8-4-5-9-18(16)22/h4-13,17H,3,14-15H2,1-2H3/b13-12+/t17-/m1/s1. The van der Waals surface area contributed by atoms with Gasteiger partial charge in [-0.25, -0.2) is 4.39 Å². The molecule has 5 heteroatoms. The number of ether oxygens (including phenoxy) is 1. The van der Waals surface area contributed by atoms with Gasteiger partial charge in [0, 0.05) is 25.2 Å². The van der Waals surface area contributed by atoms with E-state index in [0.717, 1.165) is 24.5 Å². The molecule has 1 heterocycles. The minimum atomic E-state index is -0.343. The summed E-state index contributed by atoms with van der Waals surface area (Å²) in [6.07, 6.45) is 2.79. The smallest absolute Gasteiger partial charge is 0.246 e. The summed E-state index contributed by atoms with van der Waals surface area (Å²) in [5, 5.41) is 0. The van der Waals surface area contributed by atoms with Gasteiger partial charge in [0.2, 0.25) is 5.91 Å². The van der Waals surface area contributed by atoms with Crippen LogP contribution in [-0.4, -0.2) is 43.6 Å². The molecule has 0 saturated carbocycles. The van der Waals surface area contributed by atoms with Crippen LogP contribution in [0.1, 0.15) is 12.5 Å². The first-order valence-corrected chi connectivity index (χ1v) is 8.77. The number of likely N-dealkylation sites (N-methyl/N-ethyl adjacent to an activating group) is 2. The van der Waals surface area contributed by atoms with E-state index in [-0.39, 0.29) is 17.8 Å². The Kier molecular flexibility index (Phi) is 5.56. The van der Waals surface area contributed by atoms with Crippen LogP contribution in [0.15, 0.2) is 54.6 Å². The Morgan fingerprint density at radius 3 is 2.77 bits per heavy atom. The van der Waals surface area contributed by atoms with Crippen molar-refractivity contribution in [3.05, 3.63) is 66.0 Å². The molecule has 26 heavy (non-hydrogen) atoms. The third kappa shape index (κ3) is 4.04. The lowest BCUT2D eigenvalue weighted by atomic mass is 10.1. The van der Waals surface area contributed by atoms with Gasteiger partial charge in [0.15, 0.2) is 0 Å². The van der Waals surface area contributed by atoms with E-state index in [1.807, 2.05) is 24.3 Å². The molecule has 0 spiro atoms. The van der Waals surface area contributed by atoms with Crippen molar-refractivity contribution >= 4 is 17.7 Å². The van der Waals surface area contributed by atoms with Crippen LogP contribution in [0.3, 0.4) is 0 Å². The van der Waals surface area contributed by atoms with Crippen molar-refractivity contribution < 1.29 is 13.9 Å². The highest BCUT2D eigenvalue weighted by molar-refractivity contribution is 5.91. The van der Waals surface area contributed by atoms with Crippen LogP contribution in [0.25, 0.3) is 6.08 Å². The van der Waals surface area contributed by atoms with Crippen LogP contribution in [0.2, 0.25) is 0 Å². The summed E-state index contributed by atoms with van der Waals surface area (Å²) in [7, 11) is 1.73. The molecule has 0 aromatic heterocycles. The molecule has 2 aromatic rings. The molecule has 0 saturated heterocycles. The molecule has 0 radical (unpaired) electrons. The third-order valence-electron chi connectivity index (χ3n) is 4.47. The molecule has 1 aliphatic heterocycles. The first kappa shape index (κ1) is 18.0. The van der Waals surface area contributed by atoms with E-state index in [9.17, 15) is 9.18 Å². The van der Waals surface area contributed by atoms with Crippen molar-refractivity contribution in [3.63, 3.8) is 0 Å². The average molecular weight is 354 g/mol. The van der Waals surface area contributed by atoms with Gasteiger partial charge in [0.05, 0.1) is 18.8 Å².